The first-order valence-electron chi connectivity index (χ1n) is 8.46. The van der Waals surface area contributed by atoms with Gasteiger partial charge in [0.1, 0.15) is 12.7 Å². The van der Waals surface area contributed by atoms with Crippen molar-refractivity contribution in [3.05, 3.63) is 0 Å². The van der Waals surface area contributed by atoms with Gasteiger partial charge in [0.05, 0.1) is 0 Å². The molecule has 5 aliphatic rings. The van der Waals surface area contributed by atoms with Crippen LogP contribution in [0.4, 0.5) is 0 Å². The van der Waals surface area contributed by atoms with Crippen molar-refractivity contribution in [2.75, 3.05) is 6.61 Å². The minimum atomic E-state index is 0.793. The predicted molar refractivity (Wildman–Crippen MR) is 73.9 cm³/mol. The maximum Gasteiger partial charge on any atom is 0.106 e. The Balaban J connectivity index is 1.42. The molecule has 1 heteroatoms. The van der Waals surface area contributed by atoms with Gasteiger partial charge < -0.3 is 4.74 Å². The van der Waals surface area contributed by atoms with E-state index in [1.807, 2.05) is 0 Å². The molecule has 9 unspecified atom stereocenters. The molecule has 5 fully saturated rings. The molecule has 0 amide bonds. The highest BCUT2D eigenvalue weighted by atomic mass is 16.5. The number of hydrogen-bond acceptors (Lipinski definition) is 1. The van der Waals surface area contributed by atoms with Gasteiger partial charge in [0.25, 0.3) is 0 Å². The summed E-state index contributed by atoms with van der Waals surface area (Å²) in [6.45, 7) is 0.840. The maximum atomic E-state index is 5.31. The van der Waals surface area contributed by atoms with Gasteiger partial charge in [-0.05, 0) is 85.4 Å². The van der Waals surface area contributed by atoms with Crippen molar-refractivity contribution in [3.63, 3.8) is 0 Å². The summed E-state index contributed by atoms with van der Waals surface area (Å²) in [6, 6.07) is 0. The molecule has 0 heterocycles. The smallest absolute Gasteiger partial charge is 0.106 e. The van der Waals surface area contributed by atoms with E-state index in [-0.39, 0.29) is 0 Å². The van der Waals surface area contributed by atoms with Crippen LogP contribution in [0.15, 0.2) is 0 Å². The Morgan fingerprint density at radius 2 is 1.68 bits per heavy atom. The van der Waals surface area contributed by atoms with Crippen molar-refractivity contribution in [1.29, 1.82) is 0 Å². The van der Waals surface area contributed by atoms with Gasteiger partial charge >= 0.3 is 0 Å². The molecule has 102 valence electrons. The highest BCUT2D eigenvalue weighted by Gasteiger charge is 2.67. The summed E-state index contributed by atoms with van der Waals surface area (Å²) in [5.41, 5.74) is 0. The topological polar surface area (TPSA) is 9.23 Å². The van der Waals surface area contributed by atoms with E-state index in [1.54, 1.807) is 19.3 Å². The predicted octanol–water partition coefficient (Wildman–Crippen LogP) is 3.55. The SMILES string of the molecule is C#COCC1CC2CC1C1C3CC(C4CCCC43)C21. The number of terminal acetylenes is 1. The minimum absolute atomic E-state index is 0.793. The van der Waals surface area contributed by atoms with Crippen LogP contribution in [0.25, 0.3) is 0 Å². The summed E-state index contributed by atoms with van der Waals surface area (Å²) in [4.78, 5) is 0. The van der Waals surface area contributed by atoms with Crippen LogP contribution in [0.1, 0.15) is 38.5 Å². The van der Waals surface area contributed by atoms with E-state index in [0.717, 1.165) is 59.9 Å². The van der Waals surface area contributed by atoms with Crippen molar-refractivity contribution >= 4 is 0 Å². The van der Waals surface area contributed by atoms with Crippen LogP contribution < -0.4 is 0 Å². The third-order valence-electron chi connectivity index (χ3n) is 7.91. The molecule has 0 aromatic carbocycles. The first-order valence-corrected chi connectivity index (χ1v) is 8.46. The van der Waals surface area contributed by atoms with E-state index in [1.165, 1.54) is 19.3 Å². The van der Waals surface area contributed by atoms with Gasteiger partial charge in [0.15, 0.2) is 0 Å². The van der Waals surface area contributed by atoms with Gasteiger partial charge in [-0.3, -0.25) is 0 Å². The molecular formula is C18H24O. The maximum absolute atomic E-state index is 5.31. The van der Waals surface area contributed by atoms with Crippen LogP contribution in [0.2, 0.25) is 0 Å². The lowest BCUT2D eigenvalue weighted by Crippen LogP contribution is -2.39. The number of hydrogen-bond donors (Lipinski definition) is 0. The fourth-order valence-corrected chi connectivity index (χ4v) is 7.80. The fourth-order valence-electron chi connectivity index (χ4n) is 7.80. The fraction of sp³-hybridized carbons (Fsp3) is 0.889. The lowest BCUT2D eigenvalue weighted by molar-refractivity contribution is 0.0291. The first-order chi connectivity index (χ1) is 9.38. The van der Waals surface area contributed by atoms with E-state index < -0.39 is 0 Å². The Labute approximate surface area is 116 Å². The summed E-state index contributed by atoms with van der Waals surface area (Å²) >= 11 is 0. The minimum Gasteiger partial charge on any atom is -0.446 e. The highest BCUT2D eigenvalue weighted by Crippen LogP contribution is 2.73. The van der Waals surface area contributed by atoms with Gasteiger partial charge in [-0.25, -0.2) is 0 Å². The summed E-state index contributed by atoms with van der Waals surface area (Å²) in [5, 5.41) is 0. The van der Waals surface area contributed by atoms with Crippen LogP contribution in [-0.2, 0) is 4.74 Å². The Bertz CT molecular complexity index is 435. The summed E-state index contributed by atoms with van der Waals surface area (Å²) in [6.07, 6.45) is 16.8. The zero-order valence-electron chi connectivity index (χ0n) is 11.6. The normalized spacial score (nSPS) is 60.1. The molecule has 19 heavy (non-hydrogen) atoms. The number of rotatable bonds is 2. The van der Waals surface area contributed by atoms with E-state index in [0.29, 0.717) is 0 Å². The molecule has 4 bridgehead atoms. The van der Waals surface area contributed by atoms with E-state index >= 15 is 0 Å². The van der Waals surface area contributed by atoms with Crippen LogP contribution >= 0.6 is 0 Å². The molecule has 0 aromatic rings. The van der Waals surface area contributed by atoms with Crippen molar-refractivity contribution in [1.82, 2.24) is 0 Å². The molecule has 0 saturated heterocycles. The van der Waals surface area contributed by atoms with Gasteiger partial charge in [-0.1, -0.05) is 12.8 Å². The van der Waals surface area contributed by atoms with Crippen molar-refractivity contribution in [2.24, 2.45) is 53.3 Å². The Morgan fingerprint density at radius 1 is 0.895 bits per heavy atom. The van der Waals surface area contributed by atoms with Crippen molar-refractivity contribution in [3.8, 4) is 12.5 Å². The molecule has 0 aromatic heterocycles. The lowest BCUT2D eigenvalue weighted by Gasteiger charge is -2.43. The highest BCUT2D eigenvalue weighted by molar-refractivity contribution is 5.15. The molecule has 0 N–H and O–H groups in total. The average molecular weight is 256 g/mol. The van der Waals surface area contributed by atoms with Crippen LogP contribution in [-0.4, -0.2) is 6.61 Å². The molecule has 5 rings (SSSR count). The monoisotopic (exact) mass is 256 g/mol. The van der Waals surface area contributed by atoms with Crippen molar-refractivity contribution < 1.29 is 4.74 Å². The summed E-state index contributed by atoms with van der Waals surface area (Å²) in [5.74, 6) is 9.51. The van der Waals surface area contributed by atoms with Crippen LogP contribution in [0.3, 0.4) is 0 Å². The molecule has 0 aliphatic heterocycles. The number of ether oxygens (including phenoxy) is 1. The molecule has 9 atom stereocenters. The largest absolute Gasteiger partial charge is 0.446 e. The standard InChI is InChI=1S/C18H24O/c1-2-19-9-11-6-10-7-14(11)18-16-8-15(17(10)18)12-4-3-5-13(12)16/h1,10-18H,3-9H2. The van der Waals surface area contributed by atoms with E-state index in [9.17, 15) is 0 Å². The third kappa shape index (κ3) is 1.24. The van der Waals surface area contributed by atoms with Gasteiger partial charge in [0.2, 0.25) is 0 Å². The Kier molecular flexibility index (Phi) is 2.16. The Morgan fingerprint density at radius 3 is 2.47 bits per heavy atom. The molecule has 0 spiro atoms. The third-order valence-corrected chi connectivity index (χ3v) is 7.91. The summed E-state index contributed by atoms with van der Waals surface area (Å²) in [7, 11) is 0. The number of fused-ring (bicyclic) bond motifs is 12. The molecule has 5 aliphatic carbocycles. The lowest BCUT2D eigenvalue weighted by atomic mass is 9.62. The second-order valence-electron chi connectivity index (χ2n) is 8.06. The van der Waals surface area contributed by atoms with Gasteiger partial charge in [0, 0.05) is 0 Å². The molecular weight excluding hydrogens is 232 g/mol. The van der Waals surface area contributed by atoms with Crippen LogP contribution in [0, 0.1) is 65.8 Å². The quantitative estimate of drug-likeness (QED) is 0.542. The van der Waals surface area contributed by atoms with E-state index in [4.69, 9.17) is 11.2 Å². The Hall–Kier alpha value is -0.640. The van der Waals surface area contributed by atoms with Gasteiger partial charge in [-0.15, -0.1) is 0 Å². The molecule has 1 nitrogen and oxygen atoms in total. The van der Waals surface area contributed by atoms with Crippen LogP contribution in [0.5, 0.6) is 0 Å². The average Bonchev–Trinajstić information content (AvgIpc) is 3.13. The van der Waals surface area contributed by atoms with Crippen molar-refractivity contribution in [2.45, 2.75) is 38.5 Å². The molecule has 5 saturated carbocycles. The summed E-state index contributed by atoms with van der Waals surface area (Å²) < 4.78 is 5.31. The molecule has 0 radical (unpaired) electrons. The second-order valence-corrected chi connectivity index (χ2v) is 8.06. The second kappa shape index (κ2) is 3.72. The van der Waals surface area contributed by atoms with Gasteiger partial charge in [-0.2, -0.15) is 0 Å². The zero-order valence-corrected chi connectivity index (χ0v) is 11.6. The first kappa shape index (κ1) is 11.1. The zero-order chi connectivity index (χ0) is 12.6. The van der Waals surface area contributed by atoms with E-state index in [2.05, 4.69) is 6.11 Å².